The van der Waals surface area contributed by atoms with Crippen LogP contribution < -0.4 is 10.5 Å². The number of benzene rings is 1. The monoisotopic (exact) mass is 288 g/mol. The van der Waals surface area contributed by atoms with Crippen LogP contribution in [0.1, 0.15) is 37.7 Å². The van der Waals surface area contributed by atoms with Crippen LogP contribution in [0.3, 0.4) is 0 Å². The van der Waals surface area contributed by atoms with Crippen LogP contribution in [-0.4, -0.2) is 30.5 Å². The topological polar surface area (TPSA) is 55.6 Å². The van der Waals surface area contributed by atoms with Crippen LogP contribution in [0.2, 0.25) is 0 Å². The Labute approximate surface area is 126 Å². The molecular weight excluding hydrogens is 264 g/mol. The lowest BCUT2D eigenvalue weighted by atomic mass is 9.71. The molecule has 3 rings (SSSR count). The number of nitrogens with zero attached hydrogens (tertiary/aromatic N) is 1. The number of methoxy groups -OCH3 is 1. The summed E-state index contributed by atoms with van der Waals surface area (Å²) >= 11 is 0. The number of rotatable bonds is 3. The zero-order valence-corrected chi connectivity index (χ0v) is 12.7. The van der Waals surface area contributed by atoms with Gasteiger partial charge < -0.3 is 15.4 Å². The third-order valence-corrected chi connectivity index (χ3v) is 5.02. The maximum absolute atomic E-state index is 12.8. The first-order valence-corrected chi connectivity index (χ1v) is 7.81. The predicted octanol–water partition coefficient (Wildman–Crippen LogP) is 2.32. The molecule has 1 aromatic rings. The maximum Gasteiger partial charge on any atom is 0.229 e. The van der Waals surface area contributed by atoms with Gasteiger partial charge in [-0.05, 0) is 43.4 Å². The van der Waals surface area contributed by atoms with Gasteiger partial charge in [0.25, 0.3) is 0 Å². The van der Waals surface area contributed by atoms with E-state index in [1.165, 1.54) is 0 Å². The number of hydrogen-bond acceptors (Lipinski definition) is 3. The number of hydrogen-bond donors (Lipinski definition) is 1. The molecule has 2 fully saturated rings. The largest absolute Gasteiger partial charge is 0.497 e. The molecule has 114 valence electrons. The summed E-state index contributed by atoms with van der Waals surface area (Å²) in [5.41, 5.74) is 7.09. The van der Waals surface area contributed by atoms with Crippen molar-refractivity contribution in [3.05, 3.63) is 29.8 Å². The van der Waals surface area contributed by atoms with Crippen molar-refractivity contribution < 1.29 is 9.53 Å². The first-order chi connectivity index (χ1) is 10.1. The SMILES string of the molecule is COc1ccc(CN2CCC3(CCCC(N)C3)C2=O)cc1. The molecule has 0 aromatic heterocycles. The van der Waals surface area contributed by atoms with E-state index in [9.17, 15) is 4.79 Å². The summed E-state index contributed by atoms with van der Waals surface area (Å²) in [4.78, 5) is 14.8. The number of nitrogens with two attached hydrogens (primary N) is 1. The van der Waals surface area contributed by atoms with Gasteiger partial charge in [0.2, 0.25) is 5.91 Å². The van der Waals surface area contributed by atoms with Gasteiger partial charge in [-0.2, -0.15) is 0 Å². The van der Waals surface area contributed by atoms with E-state index in [0.29, 0.717) is 12.5 Å². The van der Waals surface area contributed by atoms with E-state index in [2.05, 4.69) is 0 Å². The minimum absolute atomic E-state index is 0.163. The molecule has 21 heavy (non-hydrogen) atoms. The summed E-state index contributed by atoms with van der Waals surface area (Å²) in [6.07, 6.45) is 5.00. The average molecular weight is 288 g/mol. The molecule has 2 N–H and O–H groups in total. The molecule has 0 bridgehead atoms. The summed E-state index contributed by atoms with van der Waals surface area (Å²) in [5.74, 6) is 1.16. The standard InChI is InChI=1S/C17H24N2O2/c1-21-15-6-4-13(5-7-15)12-19-10-9-17(16(19)20)8-2-3-14(18)11-17/h4-7,14H,2-3,8-12,18H2,1H3. The summed E-state index contributed by atoms with van der Waals surface area (Å²) in [5, 5.41) is 0. The molecule has 0 radical (unpaired) electrons. The van der Waals surface area contributed by atoms with Crippen LogP contribution in [0.15, 0.2) is 24.3 Å². The lowest BCUT2D eigenvalue weighted by molar-refractivity contribution is -0.138. The molecule has 1 saturated carbocycles. The highest BCUT2D eigenvalue weighted by Gasteiger charge is 2.48. The van der Waals surface area contributed by atoms with Crippen LogP contribution in [0.4, 0.5) is 0 Å². The van der Waals surface area contributed by atoms with Crippen molar-refractivity contribution in [1.82, 2.24) is 4.90 Å². The zero-order valence-electron chi connectivity index (χ0n) is 12.7. The minimum atomic E-state index is -0.163. The summed E-state index contributed by atoms with van der Waals surface area (Å²) in [6.45, 7) is 1.55. The van der Waals surface area contributed by atoms with E-state index in [4.69, 9.17) is 10.5 Å². The Balaban J connectivity index is 1.68. The van der Waals surface area contributed by atoms with Crippen molar-refractivity contribution >= 4 is 5.91 Å². The van der Waals surface area contributed by atoms with Gasteiger partial charge in [0.15, 0.2) is 0 Å². The van der Waals surface area contributed by atoms with Crippen molar-refractivity contribution in [1.29, 1.82) is 0 Å². The Morgan fingerprint density at radius 3 is 2.76 bits per heavy atom. The van der Waals surface area contributed by atoms with Crippen molar-refractivity contribution in [3.8, 4) is 5.75 Å². The molecule has 1 heterocycles. The lowest BCUT2D eigenvalue weighted by Gasteiger charge is -2.35. The summed E-state index contributed by atoms with van der Waals surface area (Å²) in [6, 6.07) is 8.15. The summed E-state index contributed by atoms with van der Waals surface area (Å²) < 4.78 is 5.17. The fourth-order valence-electron chi connectivity index (χ4n) is 3.83. The molecule has 4 heteroatoms. The van der Waals surface area contributed by atoms with Gasteiger partial charge >= 0.3 is 0 Å². The molecular formula is C17H24N2O2. The quantitative estimate of drug-likeness (QED) is 0.928. The van der Waals surface area contributed by atoms with Crippen LogP contribution in [0.5, 0.6) is 5.75 Å². The molecule has 1 aliphatic carbocycles. The zero-order chi connectivity index (χ0) is 14.9. The molecule has 4 nitrogen and oxygen atoms in total. The predicted molar refractivity (Wildman–Crippen MR) is 81.9 cm³/mol. The second kappa shape index (κ2) is 5.68. The first kappa shape index (κ1) is 14.4. The van der Waals surface area contributed by atoms with Gasteiger partial charge in [-0.3, -0.25) is 4.79 Å². The van der Waals surface area contributed by atoms with E-state index in [-0.39, 0.29) is 11.5 Å². The fourth-order valence-corrected chi connectivity index (χ4v) is 3.83. The third kappa shape index (κ3) is 2.77. The van der Waals surface area contributed by atoms with Gasteiger partial charge in [0, 0.05) is 19.1 Å². The average Bonchev–Trinajstić information content (AvgIpc) is 2.77. The fraction of sp³-hybridized carbons (Fsp3) is 0.588. The van der Waals surface area contributed by atoms with Gasteiger partial charge in [-0.1, -0.05) is 18.6 Å². The van der Waals surface area contributed by atoms with Crippen molar-refractivity contribution in [2.75, 3.05) is 13.7 Å². The van der Waals surface area contributed by atoms with E-state index in [0.717, 1.165) is 50.0 Å². The Morgan fingerprint density at radius 2 is 2.10 bits per heavy atom. The van der Waals surface area contributed by atoms with Gasteiger partial charge in [0.05, 0.1) is 12.5 Å². The van der Waals surface area contributed by atoms with Gasteiger partial charge in [0.1, 0.15) is 5.75 Å². The van der Waals surface area contributed by atoms with Gasteiger partial charge in [-0.15, -0.1) is 0 Å². The van der Waals surface area contributed by atoms with E-state index < -0.39 is 0 Å². The van der Waals surface area contributed by atoms with Crippen molar-refractivity contribution in [3.63, 3.8) is 0 Å². The van der Waals surface area contributed by atoms with Crippen LogP contribution >= 0.6 is 0 Å². The Bertz CT molecular complexity index is 514. The maximum atomic E-state index is 12.8. The van der Waals surface area contributed by atoms with E-state index in [1.54, 1.807) is 7.11 Å². The molecule has 1 amide bonds. The Morgan fingerprint density at radius 1 is 1.33 bits per heavy atom. The Hall–Kier alpha value is -1.55. The molecule has 2 aliphatic rings. The van der Waals surface area contributed by atoms with Crippen LogP contribution in [0, 0.1) is 5.41 Å². The number of ether oxygens (including phenoxy) is 1. The molecule has 2 unspecified atom stereocenters. The third-order valence-electron chi connectivity index (χ3n) is 5.02. The van der Waals surface area contributed by atoms with E-state index in [1.807, 2.05) is 29.2 Å². The summed E-state index contributed by atoms with van der Waals surface area (Å²) in [7, 11) is 1.66. The molecule has 1 spiro atoms. The highest BCUT2D eigenvalue weighted by Crippen LogP contribution is 2.44. The molecule has 2 atom stereocenters. The van der Waals surface area contributed by atoms with Crippen molar-refractivity contribution in [2.45, 2.75) is 44.7 Å². The second-order valence-corrected chi connectivity index (χ2v) is 6.46. The highest BCUT2D eigenvalue weighted by atomic mass is 16.5. The molecule has 1 aromatic carbocycles. The minimum Gasteiger partial charge on any atom is -0.497 e. The highest BCUT2D eigenvalue weighted by molar-refractivity contribution is 5.85. The van der Waals surface area contributed by atoms with Crippen LogP contribution in [0.25, 0.3) is 0 Å². The smallest absolute Gasteiger partial charge is 0.229 e. The van der Waals surface area contributed by atoms with E-state index >= 15 is 0 Å². The second-order valence-electron chi connectivity index (χ2n) is 6.46. The first-order valence-electron chi connectivity index (χ1n) is 7.81. The molecule has 1 saturated heterocycles. The molecule has 1 aliphatic heterocycles. The van der Waals surface area contributed by atoms with Crippen molar-refractivity contribution in [2.24, 2.45) is 11.1 Å². The van der Waals surface area contributed by atoms with Crippen LogP contribution in [-0.2, 0) is 11.3 Å². The van der Waals surface area contributed by atoms with Gasteiger partial charge in [-0.25, -0.2) is 0 Å². The number of carbonyl (C=O) groups excluding carboxylic acids is 1. The number of amides is 1. The number of carbonyl (C=O) groups is 1. The Kier molecular flexibility index (Phi) is 3.89. The normalized spacial score (nSPS) is 29.1. The number of likely N-dealkylation sites (tertiary alicyclic amines) is 1. The lowest BCUT2D eigenvalue weighted by Crippen LogP contribution is -2.42.